The Kier molecular flexibility index (Phi) is 11.8. The maximum atomic E-state index is 11.5. The molecule has 0 fully saturated rings. The average molecular weight is 243 g/mol. The molecule has 0 rings (SSSR count). The van der Waals surface area contributed by atoms with E-state index >= 15 is 0 Å². The maximum absolute atomic E-state index is 11.5. The molecule has 0 aliphatic carbocycles. The van der Waals surface area contributed by atoms with Crippen LogP contribution < -0.4 is 5.32 Å². The van der Waals surface area contributed by atoms with Crippen molar-refractivity contribution in [2.24, 2.45) is 0 Å². The van der Waals surface area contributed by atoms with Crippen LogP contribution in [0.1, 0.15) is 64.7 Å². The molecule has 0 saturated carbocycles. The number of aliphatic hydroxyl groups is 1. The van der Waals surface area contributed by atoms with Crippen molar-refractivity contribution in [1.82, 2.24) is 5.32 Å². The summed E-state index contributed by atoms with van der Waals surface area (Å²) < 4.78 is 0. The van der Waals surface area contributed by atoms with Crippen LogP contribution in [0.15, 0.2) is 0 Å². The van der Waals surface area contributed by atoms with E-state index in [1.165, 1.54) is 12.8 Å². The van der Waals surface area contributed by atoms with Crippen LogP contribution in [0.2, 0.25) is 0 Å². The van der Waals surface area contributed by atoms with Gasteiger partial charge in [-0.2, -0.15) is 0 Å². The van der Waals surface area contributed by atoms with Crippen molar-refractivity contribution in [3.63, 3.8) is 0 Å². The second kappa shape index (κ2) is 12.1. The Morgan fingerprint density at radius 3 is 2.18 bits per heavy atom. The number of nitrogens with one attached hydrogen (secondary N) is 1. The molecule has 0 aliphatic rings. The largest absolute Gasteiger partial charge is 0.396 e. The van der Waals surface area contributed by atoms with E-state index in [-0.39, 0.29) is 6.61 Å². The van der Waals surface area contributed by atoms with Gasteiger partial charge in [-0.3, -0.25) is 4.79 Å². The molecule has 17 heavy (non-hydrogen) atoms. The Morgan fingerprint density at radius 1 is 1.06 bits per heavy atom. The number of hydrogen-bond donors (Lipinski definition) is 2. The summed E-state index contributed by atoms with van der Waals surface area (Å²) >= 11 is 0. The highest BCUT2D eigenvalue weighted by Gasteiger charge is 2.02. The predicted octanol–water partition coefficient (Wildman–Crippen LogP) is 2.67. The van der Waals surface area contributed by atoms with Crippen molar-refractivity contribution in [3.05, 3.63) is 0 Å². The number of hydrogen-bond acceptors (Lipinski definition) is 3. The van der Waals surface area contributed by atoms with Crippen LogP contribution in [0, 0.1) is 0 Å². The molecule has 102 valence electrons. The van der Waals surface area contributed by atoms with Gasteiger partial charge in [0.05, 0.1) is 0 Å². The number of carbonyl (C=O) groups is 1. The summed E-state index contributed by atoms with van der Waals surface area (Å²) in [6.45, 7) is 2.43. The fourth-order valence-electron chi connectivity index (χ4n) is 1.83. The Morgan fingerprint density at radius 2 is 1.65 bits per heavy atom. The van der Waals surface area contributed by atoms with Gasteiger partial charge in [0.1, 0.15) is 5.78 Å². The second-order valence-electron chi connectivity index (χ2n) is 4.86. The van der Waals surface area contributed by atoms with Crippen molar-refractivity contribution in [2.45, 2.75) is 70.8 Å². The SMILES string of the molecule is CNC(C)CCCCCC(=O)CCCCCO. The molecule has 1 atom stereocenters. The molecular weight excluding hydrogens is 214 g/mol. The van der Waals surface area contributed by atoms with E-state index in [1.807, 2.05) is 7.05 Å². The van der Waals surface area contributed by atoms with Gasteiger partial charge in [0.15, 0.2) is 0 Å². The van der Waals surface area contributed by atoms with Gasteiger partial charge in [-0.1, -0.05) is 19.3 Å². The molecule has 0 saturated heterocycles. The molecular formula is C14H29NO2. The van der Waals surface area contributed by atoms with Crippen LogP contribution in [-0.2, 0) is 4.79 Å². The third-order valence-electron chi connectivity index (χ3n) is 3.20. The zero-order valence-electron chi connectivity index (χ0n) is 11.5. The quantitative estimate of drug-likeness (QED) is 0.518. The molecule has 0 heterocycles. The lowest BCUT2D eigenvalue weighted by atomic mass is 10.0. The van der Waals surface area contributed by atoms with Gasteiger partial charge in [-0.05, 0) is 39.7 Å². The molecule has 3 heteroatoms. The second-order valence-corrected chi connectivity index (χ2v) is 4.86. The topological polar surface area (TPSA) is 49.3 Å². The van der Waals surface area contributed by atoms with Gasteiger partial charge in [-0.15, -0.1) is 0 Å². The van der Waals surface area contributed by atoms with E-state index in [2.05, 4.69) is 12.2 Å². The van der Waals surface area contributed by atoms with Gasteiger partial charge in [-0.25, -0.2) is 0 Å². The summed E-state index contributed by atoms with van der Waals surface area (Å²) in [6, 6.07) is 0.587. The number of Topliss-reactive ketones (excluding diaryl/α,β-unsaturated/α-hetero) is 1. The van der Waals surface area contributed by atoms with Crippen LogP contribution in [0.5, 0.6) is 0 Å². The monoisotopic (exact) mass is 243 g/mol. The summed E-state index contributed by atoms with van der Waals surface area (Å²) in [4.78, 5) is 11.5. The lowest BCUT2D eigenvalue weighted by molar-refractivity contribution is -0.119. The van der Waals surface area contributed by atoms with Crippen molar-refractivity contribution >= 4 is 5.78 Å². The minimum atomic E-state index is 0.248. The normalized spacial score (nSPS) is 12.6. The van der Waals surface area contributed by atoms with Gasteiger partial charge in [0.2, 0.25) is 0 Å². The van der Waals surface area contributed by atoms with Gasteiger partial charge < -0.3 is 10.4 Å². The van der Waals surface area contributed by atoms with Crippen LogP contribution in [0.4, 0.5) is 0 Å². The maximum Gasteiger partial charge on any atom is 0.132 e. The average Bonchev–Trinajstić information content (AvgIpc) is 2.34. The number of unbranched alkanes of at least 4 members (excludes halogenated alkanes) is 4. The molecule has 0 aliphatic heterocycles. The van der Waals surface area contributed by atoms with Crippen molar-refractivity contribution < 1.29 is 9.90 Å². The zero-order chi connectivity index (χ0) is 12.9. The smallest absolute Gasteiger partial charge is 0.132 e. The van der Waals surface area contributed by atoms with Crippen LogP contribution in [0.3, 0.4) is 0 Å². The van der Waals surface area contributed by atoms with Crippen LogP contribution in [-0.4, -0.2) is 30.6 Å². The number of rotatable bonds is 12. The highest BCUT2D eigenvalue weighted by molar-refractivity contribution is 5.78. The third kappa shape index (κ3) is 11.8. The van der Waals surface area contributed by atoms with Gasteiger partial charge >= 0.3 is 0 Å². The summed E-state index contributed by atoms with van der Waals surface area (Å²) in [6.07, 6.45) is 8.79. The lowest BCUT2D eigenvalue weighted by Gasteiger charge is -2.08. The van der Waals surface area contributed by atoms with Gasteiger partial charge in [0, 0.05) is 25.5 Å². The zero-order valence-corrected chi connectivity index (χ0v) is 11.5. The lowest BCUT2D eigenvalue weighted by Crippen LogP contribution is -2.20. The highest BCUT2D eigenvalue weighted by atomic mass is 16.2. The fourth-order valence-corrected chi connectivity index (χ4v) is 1.83. The molecule has 1 unspecified atom stereocenters. The summed E-state index contributed by atoms with van der Waals surface area (Å²) in [7, 11) is 1.99. The molecule has 2 N–H and O–H groups in total. The minimum Gasteiger partial charge on any atom is -0.396 e. The van der Waals surface area contributed by atoms with Crippen molar-refractivity contribution in [3.8, 4) is 0 Å². The Labute approximate surface area is 106 Å². The van der Waals surface area contributed by atoms with E-state index in [9.17, 15) is 4.79 Å². The Hall–Kier alpha value is -0.410. The third-order valence-corrected chi connectivity index (χ3v) is 3.20. The summed E-state index contributed by atoms with van der Waals surface area (Å²) in [5.41, 5.74) is 0. The predicted molar refractivity (Wildman–Crippen MR) is 72.2 cm³/mol. The minimum absolute atomic E-state index is 0.248. The highest BCUT2D eigenvalue weighted by Crippen LogP contribution is 2.09. The first-order valence-electron chi connectivity index (χ1n) is 7.00. The molecule has 0 aromatic carbocycles. The molecule has 0 spiro atoms. The van der Waals surface area contributed by atoms with Crippen molar-refractivity contribution in [1.29, 1.82) is 0 Å². The van der Waals surface area contributed by atoms with E-state index in [0.29, 0.717) is 18.2 Å². The summed E-state index contributed by atoms with van der Waals surface area (Å²) in [5, 5.41) is 11.8. The Bertz CT molecular complexity index is 183. The van der Waals surface area contributed by atoms with E-state index in [0.717, 1.165) is 38.5 Å². The van der Waals surface area contributed by atoms with E-state index in [4.69, 9.17) is 5.11 Å². The Balaban J connectivity index is 3.22. The number of ketones is 1. The molecule has 0 bridgehead atoms. The molecule has 0 aromatic rings. The van der Waals surface area contributed by atoms with Crippen LogP contribution in [0.25, 0.3) is 0 Å². The van der Waals surface area contributed by atoms with Gasteiger partial charge in [0.25, 0.3) is 0 Å². The first kappa shape index (κ1) is 16.6. The molecule has 0 aromatic heterocycles. The van der Waals surface area contributed by atoms with E-state index < -0.39 is 0 Å². The molecule has 0 amide bonds. The molecule has 3 nitrogen and oxygen atoms in total. The van der Waals surface area contributed by atoms with Crippen molar-refractivity contribution in [2.75, 3.05) is 13.7 Å². The first-order valence-corrected chi connectivity index (χ1v) is 7.00. The van der Waals surface area contributed by atoms with Crippen LogP contribution >= 0.6 is 0 Å². The first-order chi connectivity index (χ1) is 8.20. The summed E-state index contributed by atoms with van der Waals surface area (Å²) in [5.74, 6) is 0.393. The number of aliphatic hydroxyl groups excluding tert-OH is 1. The molecule has 0 radical (unpaired) electrons. The number of carbonyl (C=O) groups excluding carboxylic acids is 1. The van der Waals surface area contributed by atoms with E-state index in [1.54, 1.807) is 0 Å². The fraction of sp³-hybridized carbons (Fsp3) is 0.929. The standard InChI is InChI=1S/C14H29NO2/c1-13(15-2)9-5-3-6-10-14(17)11-7-4-8-12-16/h13,15-16H,3-12H2,1-2H3.